The van der Waals surface area contributed by atoms with Crippen molar-refractivity contribution in [1.82, 2.24) is 0 Å². The number of nitrogen functional groups attached to an aromatic ring is 1. The third-order valence-corrected chi connectivity index (χ3v) is 3.17. The molecule has 0 spiro atoms. The Morgan fingerprint density at radius 3 is 1.56 bits per heavy atom. The second-order valence-electron chi connectivity index (χ2n) is 4.33. The Morgan fingerprint density at radius 1 is 0.800 bits per heavy atom. The van der Waals surface area contributed by atoms with Gasteiger partial charge < -0.3 is 19.7 Å². The second kappa shape index (κ2) is 9.59. The molecule has 136 valence electrons. The molecule has 0 fully saturated rings. The largest absolute Gasteiger partial charge is 0.712 e. The smallest absolute Gasteiger partial charge is 0.507 e. The molecule has 2 aromatic rings. The summed E-state index contributed by atoms with van der Waals surface area (Å²) in [4.78, 5) is 0. The van der Waals surface area contributed by atoms with Gasteiger partial charge in [0.25, 0.3) is 0 Å². The molecule has 0 aliphatic rings. The normalized spacial score (nSPS) is 10.1. The topological polar surface area (TPSA) is 53.7 Å². The number of rotatable bonds is 4. The number of benzene rings is 2. The van der Waals surface area contributed by atoms with Gasteiger partial charge in [0.15, 0.2) is 5.75 Å². The van der Waals surface area contributed by atoms with Gasteiger partial charge in [-0.15, -0.1) is 0 Å². The fourth-order valence-corrected chi connectivity index (χ4v) is 1.70. The predicted molar refractivity (Wildman–Crippen MR) is 85.2 cm³/mol. The van der Waals surface area contributed by atoms with E-state index in [1.165, 1.54) is 0 Å². The van der Waals surface area contributed by atoms with E-state index in [1.807, 2.05) is 24.3 Å². The highest BCUT2D eigenvalue weighted by Crippen LogP contribution is 2.29. The van der Waals surface area contributed by atoms with Gasteiger partial charge in [-0.1, -0.05) is 15.9 Å². The molecule has 2 aromatic carbocycles. The minimum atomic E-state index is -2.27. The summed E-state index contributed by atoms with van der Waals surface area (Å²) in [6, 6.07) is 7.53. The van der Waals surface area contributed by atoms with Crippen LogP contribution in [0.3, 0.4) is 0 Å². The van der Waals surface area contributed by atoms with Gasteiger partial charge in [0.1, 0.15) is 0 Å². The average molecular weight is 428 g/mol. The third kappa shape index (κ3) is 5.58. The minimum absolute atomic E-state index is 0.799. The van der Waals surface area contributed by atoms with Crippen molar-refractivity contribution in [3.05, 3.63) is 57.8 Å². The van der Waals surface area contributed by atoms with Gasteiger partial charge in [-0.2, -0.15) is 8.78 Å². The lowest BCUT2D eigenvalue weighted by atomic mass is 10.2. The van der Waals surface area contributed by atoms with E-state index in [1.54, 1.807) is 0 Å². The van der Waals surface area contributed by atoms with Crippen LogP contribution in [0.15, 0.2) is 28.7 Å². The molecule has 2 rings (SSSR count). The summed E-state index contributed by atoms with van der Waals surface area (Å²) in [6.07, 6.45) is 0. The summed E-state index contributed by atoms with van der Waals surface area (Å²) in [5, 5.41) is 0. The van der Waals surface area contributed by atoms with Crippen molar-refractivity contribution in [3.63, 3.8) is 0 Å². The molecule has 2 N–H and O–H groups in total. The number of hydrogen-bond donors (Lipinski definition) is 1. The lowest BCUT2D eigenvalue weighted by Gasteiger charge is -2.13. The summed E-state index contributed by atoms with van der Waals surface area (Å²) < 4.78 is 78.5. The van der Waals surface area contributed by atoms with E-state index in [0.717, 1.165) is 24.4 Å². The Balaban J connectivity index is 0.000000324. The third-order valence-electron chi connectivity index (χ3n) is 2.64. The van der Waals surface area contributed by atoms with Gasteiger partial charge in [-0.05, 0) is 24.3 Å². The Kier molecular flexibility index (Phi) is 8.13. The first-order valence-electron chi connectivity index (χ1n) is 6.47. The molecular formula is C14H12BBrF5NO3. The van der Waals surface area contributed by atoms with E-state index >= 15 is 0 Å². The van der Waals surface area contributed by atoms with Crippen molar-refractivity contribution >= 4 is 28.9 Å². The van der Waals surface area contributed by atoms with Crippen LogP contribution in [0.2, 0.25) is 0 Å². The first kappa shape index (κ1) is 21.2. The Bertz CT molecular complexity index is 667. The molecule has 0 bridgehead atoms. The van der Waals surface area contributed by atoms with Crippen molar-refractivity contribution in [2.24, 2.45) is 0 Å². The second-order valence-corrected chi connectivity index (χ2v) is 5.24. The molecule has 0 aliphatic carbocycles. The van der Waals surface area contributed by atoms with Crippen LogP contribution < -0.4 is 10.4 Å². The lowest BCUT2D eigenvalue weighted by Crippen LogP contribution is -2.28. The molecule has 11 heteroatoms. The molecule has 0 radical (unpaired) electrons. The maximum atomic E-state index is 13.1. The van der Waals surface area contributed by atoms with Crippen LogP contribution in [0.1, 0.15) is 0 Å². The van der Waals surface area contributed by atoms with Crippen molar-refractivity contribution < 1.29 is 35.9 Å². The summed E-state index contributed by atoms with van der Waals surface area (Å²) in [5.41, 5.74) is 6.21. The van der Waals surface area contributed by atoms with Crippen LogP contribution in [0.25, 0.3) is 0 Å². The fourth-order valence-electron chi connectivity index (χ4n) is 1.44. The molecular weight excluding hydrogens is 416 g/mol. The van der Waals surface area contributed by atoms with Gasteiger partial charge in [0.05, 0.1) is 0 Å². The zero-order chi connectivity index (χ0) is 19.1. The lowest BCUT2D eigenvalue weighted by molar-refractivity contribution is 0.192. The zero-order valence-corrected chi connectivity index (χ0v) is 14.5. The number of halogens is 6. The van der Waals surface area contributed by atoms with E-state index in [4.69, 9.17) is 5.73 Å². The summed E-state index contributed by atoms with van der Waals surface area (Å²) in [7, 11) is 0.517. The average Bonchev–Trinajstić information content (AvgIpc) is 2.62. The van der Waals surface area contributed by atoms with Gasteiger partial charge in [-0.3, -0.25) is 0 Å². The minimum Gasteiger partial charge on any atom is -0.507 e. The maximum absolute atomic E-state index is 13.1. The van der Waals surface area contributed by atoms with Gasteiger partial charge in [-0.25, -0.2) is 13.2 Å². The first-order valence-corrected chi connectivity index (χ1v) is 7.26. The molecule has 0 aliphatic heterocycles. The van der Waals surface area contributed by atoms with Gasteiger partial charge in [0.2, 0.25) is 29.1 Å². The van der Waals surface area contributed by atoms with Crippen LogP contribution in [-0.4, -0.2) is 21.5 Å². The van der Waals surface area contributed by atoms with Crippen LogP contribution in [0.4, 0.5) is 27.6 Å². The maximum Gasteiger partial charge on any atom is 0.712 e. The molecule has 0 saturated carbocycles. The molecule has 0 unspecified atom stereocenters. The SMILES string of the molecule is COB(OC)Oc1c(F)c(F)c(F)c(F)c1F.Nc1ccc(Br)cc1. The van der Waals surface area contributed by atoms with Crippen LogP contribution >= 0.6 is 15.9 Å². The number of anilines is 1. The Hall–Kier alpha value is -1.85. The standard InChI is InChI=1S/C8H6BF5O3.C6H6BrN/c1-15-9(16-2)17-8-6(13)4(11)3(10)5(12)7(8)14;7-5-1-3-6(8)4-2-5/h1-2H3;1-4H,8H2. The summed E-state index contributed by atoms with van der Waals surface area (Å²) >= 11 is 3.29. The molecule has 25 heavy (non-hydrogen) atoms. The van der Waals surface area contributed by atoms with Crippen molar-refractivity contribution in [3.8, 4) is 5.75 Å². The highest BCUT2D eigenvalue weighted by Gasteiger charge is 2.31. The molecule has 0 atom stereocenters. The van der Waals surface area contributed by atoms with E-state index in [-0.39, 0.29) is 0 Å². The van der Waals surface area contributed by atoms with E-state index in [0.29, 0.717) is 0 Å². The summed E-state index contributed by atoms with van der Waals surface area (Å²) in [6.45, 7) is 0. The molecule has 0 amide bonds. The molecule has 0 heterocycles. The Labute approximate surface area is 149 Å². The summed E-state index contributed by atoms with van der Waals surface area (Å²) in [5.74, 6) is -12.1. The van der Waals surface area contributed by atoms with Crippen LogP contribution in [0, 0.1) is 29.1 Å². The first-order chi connectivity index (χ1) is 11.7. The van der Waals surface area contributed by atoms with Crippen molar-refractivity contribution in [2.75, 3.05) is 20.0 Å². The predicted octanol–water partition coefficient (Wildman–Crippen LogP) is 4.07. The number of hydrogen-bond acceptors (Lipinski definition) is 4. The molecule has 0 aromatic heterocycles. The highest BCUT2D eigenvalue weighted by atomic mass is 79.9. The van der Waals surface area contributed by atoms with E-state index in [2.05, 4.69) is 29.9 Å². The Morgan fingerprint density at radius 2 is 1.20 bits per heavy atom. The van der Waals surface area contributed by atoms with Crippen LogP contribution in [0.5, 0.6) is 5.75 Å². The quantitative estimate of drug-likeness (QED) is 0.263. The monoisotopic (exact) mass is 427 g/mol. The van der Waals surface area contributed by atoms with Crippen molar-refractivity contribution in [1.29, 1.82) is 0 Å². The molecule has 4 nitrogen and oxygen atoms in total. The van der Waals surface area contributed by atoms with Crippen molar-refractivity contribution in [2.45, 2.75) is 0 Å². The fraction of sp³-hybridized carbons (Fsp3) is 0.143. The highest BCUT2D eigenvalue weighted by molar-refractivity contribution is 9.10. The van der Waals surface area contributed by atoms with Crippen LogP contribution in [-0.2, 0) is 9.31 Å². The number of nitrogens with two attached hydrogens (primary N) is 1. The molecule has 0 saturated heterocycles. The zero-order valence-electron chi connectivity index (χ0n) is 13.0. The van der Waals surface area contributed by atoms with E-state index < -0.39 is 42.2 Å². The van der Waals surface area contributed by atoms with E-state index in [9.17, 15) is 22.0 Å². The van der Waals surface area contributed by atoms with Gasteiger partial charge >= 0.3 is 7.32 Å². The van der Waals surface area contributed by atoms with Gasteiger partial charge in [0, 0.05) is 24.4 Å².